The summed E-state index contributed by atoms with van der Waals surface area (Å²) in [6, 6.07) is 5.32. The molecule has 2 nitrogen and oxygen atoms in total. The Hall–Kier alpha value is -1.44. The summed E-state index contributed by atoms with van der Waals surface area (Å²) in [6.07, 6.45) is 7.29. The molecule has 1 rings (SSSR count). The van der Waals surface area contributed by atoms with E-state index in [1.807, 2.05) is 6.07 Å². The van der Waals surface area contributed by atoms with E-state index in [0.29, 0.717) is 11.1 Å². The Balaban J connectivity index is 2.64. The Morgan fingerprint density at radius 3 is 2.50 bits per heavy atom. The number of carbonyl (C=O) groups is 2. The fourth-order valence-electron chi connectivity index (χ4n) is 1.77. The maximum atomic E-state index is 10.9. The van der Waals surface area contributed by atoms with Crippen LogP contribution in [0.5, 0.6) is 0 Å². The van der Waals surface area contributed by atoms with Gasteiger partial charge in [-0.2, -0.15) is 0 Å². The molecule has 0 N–H and O–H groups in total. The van der Waals surface area contributed by atoms with Crippen LogP contribution in [0.15, 0.2) is 18.2 Å². The van der Waals surface area contributed by atoms with Crippen LogP contribution in [0.25, 0.3) is 0 Å². The van der Waals surface area contributed by atoms with Crippen LogP contribution in [-0.4, -0.2) is 12.6 Å². The predicted octanol–water partition coefficient (Wildman–Crippen LogP) is 3.43. The van der Waals surface area contributed by atoms with Gasteiger partial charge in [-0.1, -0.05) is 38.3 Å². The standard InChI is InChI=1S/C14H18O2/c1-2-3-4-5-6-13-8-7-12(10-15)9-14(13)11-16/h7-11H,2-6H2,1H3. The van der Waals surface area contributed by atoms with Crippen LogP contribution >= 0.6 is 0 Å². The molecule has 0 aromatic heterocycles. The fourth-order valence-corrected chi connectivity index (χ4v) is 1.77. The molecule has 1 aromatic rings. The molecule has 16 heavy (non-hydrogen) atoms. The SMILES string of the molecule is CCCCCCc1ccc(C=O)cc1C=O. The fraction of sp³-hybridized carbons (Fsp3) is 0.429. The van der Waals surface area contributed by atoms with Crippen LogP contribution in [0.3, 0.4) is 0 Å². The summed E-state index contributed by atoms with van der Waals surface area (Å²) in [4.78, 5) is 21.4. The van der Waals surface area contributed by atoms with E-state index in [4.69, 9.17) is 0 Å². The van der Waals surface area contributed by atoms with Crippen molar-refractivity contribution in [2.45, 2.75) is 39.0 Å². The highest BCUT2D eigenvalue weighted by Gasteiger charge is 2.02. The summed E-state index contributed by atoms with van der Waals surface area (Å²) in [5, 5.41) is 0. The third kappa shape index (κ3) is 3.61. The average Bonchev–Trinajstić information content (AvgIpc) is 2.34. The number of hydrogen-bond donors (Lipinski definition) is 0. The molecule has 0 amide bonds. The molecule has 0 radical (unpaired) electrons. The van der Waals surface area contributed by atoms with E-state index in [1.165, 1.54) is 19.3 Å². The van der Waals surface area contributed by atoms with Gasteiger partial charge in [-0.15, -0.1) is 0 Å². The zero-order valence-corrected chi connectivity index (χ0v) is 9.74. The normalized spacial score (nSPS) is 10.1. The number of rotatable bonds is 7. The molecule has 0 saturated carbocycles. The molecular formula is C14H18O2. The highest BCUT2D eigenvalue weighted by atomic mass is 16.1. The lowest BCUT2D eigenvalue weighted by Gasteiger charge is -2.05. The first-order valence-electron chi connectivity index (χ1n) is 5.85. The van der Waals surface area contributed by atoms with Crippen LogP contribution in [0.1, 0.15) is 58.9 Å². The Labute approximate surface area is 96.7 Å². The lowest BCUT2D eigenvalue weighted by Crippen LogP contribution is -1.95. The van der Waals surface area contributed by atoms with Crippen molar-refractivity contribution < 1.29 is 9.59 Å². The monoisotopic (exact) mass is 218 g/mol. The Kier molecular flexibility index (Phi) is 5.48. The van der Waals surface area contributed by atoms with E-state index in [9.17, 15) is 9.59 Å². The van der Waals surface area contributed by atoms with Gasteiger partial charge in [-0.3, -0.25) is 9.59 Å². The van der Waals surface area contributed by atoms with Crippen molar-refractivity contribution in [2.24, 2.45) is 0 Å². The third-order valence-electron chi connectivity index (χ3n) is 2.73. The minimum atomic E-state index is 0.569. The number of unbranched alkanes of at least 4 members (excludes halogenated alkanes) is 3. The summed E-state index contributed by atoms with van der Waals surface area (Å²) in [5.41, 5.74) is 2.28. The second kappa shape index (κ2) is 6.94. The summed E-state index contributed by atoms with van der Waals surface area (Å²) in [7, 11) is 0. The van der Waals surface area contributed by atoms with Crippen molar-refractivity contribution in [3.8, 4) is 0 Å². The minimum Gasteiger partial charge on any atom is -0.298 e. The smallest absolute Gasteiger partial charge is 0.150 e. The van der Waals surface area contributed by atoms with Crippen molar-refractivity contribution in [3.63, 3.8) is 0 Å². The number of hydrogen-bond acceptors (Lipinski definition) is 2. The van der Waals surface area contributed by atoms with Gasteiger partial charge < -0.3 is 0 Å². The second-order valence-electron chi connectivity index (χ2n) is 4.00. The summed E-state index contributed by atoms with van der Waals surface area (Å²) in [6.45, 7) is 2.18. The Morgan fingerprint density at radius 2 is 1.88 bits per heavy atom. The number of aryl methyl sites for hydroxylation is 1. The molecule has 0 spiro atoms. The molecule has 0 unspecified atom stereocenters. The molecule has 86 valence electrons. The molecule has 0 aliphatic rings. The van der Waals surface area contributed by atoms with E-state index in [2.05, 4.69) is 6.92 Å². The van der Waals surface area contributed by atoms with Gasteiger partial charge in [0, 0.05) is 11.1 Å². The summed E-state index contributed by atoms with van der Waals surface area (Å²) < 4.78 is 0. The first-order valence-corrected chi connectivity index (χ1v) is 5.85. The van der Waals surface area contributed by atoms with Crippen LogP contribution in [0.2, 0.25) is 0 Å². The molecule has 1 aromatic carbocycles. The van der Waals surface area contributed by atoms with Gasteiger partial charge in [0.15, 0.2) is 0 Å². The van der Waals surface area contributed by atoms with Gasteiger partial charge >= 0.3 is 0 Å². The lowest BCUT2D eigenvalue weighted by atomic mass is 10.00. The maximum Gasteiger partial charge on any atom is 0.150 e. The molecular weight excluding hydrogens is 200 g/mol. The van der Waals surface area contributed by atoms with E-state index in [1.54, 1.807) is 12.1 Å². The van der Waals surface area contributed by atoms with Crippen LogP contribution in [-0.2, 0) is 6.42 Å². The number of aldehydes is 2. The first kappa shape index (κ1) is 12.6. The minimum absolute atomic E-state index is 0.569. The predicted molar refractivity (Wildman–Crippen MR) is 65.1 cm³/mol. The molecule has 2 heteroatoms. The third-order valence-corrected chi connectivity index (χ3v) is 2.73. The van der Waals surface area contributed by atoms with Crippen LogP contribution in [0.4, 0.5) is 0 Å². The zero-order valence-electron chi connectivity index (χ0n) is 9.74. The molecule has 0 aliphatic heterocycles. The number of benzene rings is 1. The second-order valence-corrected chi connectivity index (χ2v) is 4.00. The summed E-state index contributed by atoms with van der Waals surface area (Å²) in [5.74, 6) is 0. The van der Waals surface area contributed by atoms with Crippen molar-refractivity contribution >= 4 is 12.6 Å². The van der Waals surface area contributed by atoms with Gasteiger partial charge in [-0.25, -0.2) is 0 Å². The van der Waals surface area contributed by atoms with E-state index in [-0.39, 0.29) is 0 Å². The van der Waals surface area contributed by atoms with Gasteiger partial charge in [0.25, 0.3) is 0 Å². The highest BCUT2D eigenvalue weighted by molar-refractivity contribution is 5.83. The van der Waals surface area contributed by atoms with Gasteiger partial charge in [0.1, 0.15) is 12.6 Å². The van der Waals surface area contributed by atoms with Gasteiger partial charge in [0.05, 0.1) is 0 Å². The number of carbonyl (C=O) groups excluding carboxylic acids is 2. The zero-order chi connectivity index (χ0) is 11.8. The largest absolute Gasteiger partial charge is 0.298 e. The van der Waals surface area contributed by atoms with Gasteiger partial charge in [0.2, 0.25) is 0 Å². The highest BCUT2D eigenvalue weighted by Crippen LogP contribution is 2.13. The topological polar surface area (TPSA) is 34.1 Å². The molecule has 0 aliphatic carbocycles. The van der Waals surface area contributed by atoms with E-state index in [0.717, 1.165) is 31.0 Å². The van der Waals surface area contributed by atoms with Crippen molar-refractivity contribution in [2.75, 3.05) is 0 Å². The van der Waals surface area contributed by atoms with Gasteiger partial charge in [-0.05, 0) is 24.5 Å². The average molecular weight is 218 g/mol. The molecule has 0 saturated heterocycles. The van der Waals surface area contributed by atoms with E-state index >= 15 is 0 Å². The first-order chi connectivity index (χ1) is 7.81. The lowest BCUT2D eigenvalue weighted by molar-refractivity contribution is 0.112. The van der Waals surface area contributed by atoms with Crippen molar-refractivity contribution in [1.29, 1.82) is 0 Å². The van der Waals surface area contributed by atoms with Crippen molar-refractivity contribution in [3.05, 3.63) is 34.9 Å². The van der Waals surface area contributed by atoms with Crippen LogP contribution < -0.4 is 0 Å². The quantitative estimate of drug-likeness (QED) is 0.519. The maximum absolute atomic E-state index is 10.9. The molecule has 0 heterocycles. The molecule has 0 atom stereocenters. The summed E-state index contributed by atoms with van der Waals surface area (Å²) >= 11 is 0. The molecule has 0 bridgehead atoms. The van der Waals surface area contributed by atoms with Crippen molar-refractivity contribution in [1.82, 2.24) is 0 Å². The Morgan fingerprint density at radius 1 is 1.06 bits per heavy atom. The molecule has 0 fully saturated rings. The Bertz CT molecular complexity index is 356. The van der Waals surface area contributed by atoms with E-state index < -0.39 is 0 Å². The van der Waals surface area contributed by atoms with Crippen LogP contribution in [0, 0.1) is 0 Å².